The normalized spacial score (nSPS) is 23.0. The van der Waals surface area contributed by atoms with E-state index in [2.05, 4.69) is 25.9 Å². The van der Waals surface area contributed by atoms with Gasteiger partial charge in [0.25, 0.3) is 5.91 Å². The summed E-state index contributed by atoms with van der Waals surface area (Å²) in [4.78, 5) is 25.2. The molecule has 2 fully saturated rings. The quantitative estimate of drug-likeness (QED) is 0.552. The summed E-state index contributed by atoms with van der Waals surface area (Å²) in [6.07, 6.45) is 6.13. The third-order valence-electron chi connectivity index (χ3n) is 6.78. The Morgan fingerprint density at radius 2 is 2.09 bits per heavy atom. The summed E-state index contributed by atoms with van der Waals surface area (Å²) >= 11 is 0. The standard InChI is InChI=1S/C23H34N6O3/c1-14(2)24-21(30)12-23(16-5-6-16)8-7-15(11-23)18-10-20(27-26-18)25-22(31)19-9-17(13-32-4)28-29(19)3/h9-10,14-16H,5-8,11-13H2,1-4H3,(H,24,30)(H2,25,26,27,31)/t15-,23-/m0/s1. The van der Waals surface area contributed by atoms with Gasteiger partial charge >= 0.3 is 0 Å². The van der Waals surface area contributed by atoms with Crippen LogP contribution >= 0.6 is 0 Å². The molecule has 4 rings (SSSR count). The van der Waals surface area contributed by atoms with Crippen molar-refractivity contribution in [1.82, 2.24) is 25.3 Å². The molecule has 2 atom stereocenters. The maximum Gasteiger partial charge on any atom is 0.275 e. The lowest BCUT2D eigenvalue weighted by Crippen LogP contribution is -2.35. The molecule has 174 valence electrons. The Bertz CT molecular complexity index is 976. The van der Waals surface area contributed by atoms with Crippen molar-refractivity contribution < 1.29 is 14.3 Å². The maximum atomic E-state index is 12.7. The Hall–Kier alpha value is -2.68. The monoisotopic (exact) mass is 442 g/mol. The van der Waals surface area contributed by atoms with Crippen molar-refractivity contribution in [2.45, 2.75) is 70.9 Å². The van der Waals surface area contributed by atoms with E-state index >= 15 is 0 Å². The second-order valence-corrected chi connectivity index (χ2v) is 9.72. The van der Waals surface area contributed by atoms with E-state index in [-0.39, 0.29) is 23.3 Å². The van der Waals surface area contributed by atoms with Crippen molar-refractivity contribution in [3.63, 3.8) is 0 Å². The summed E-state index contributed by atoms with van der Waals surface area (Å²) in [6, 6.07) is 3.81. The molecule has 0 spiro atoms. The number of anilines is 1. The Kier molecular flexibility index (Phi) is 6.37. The van der Waals surface area contributed by atoms with E-state index in [0.29, 0.717) is 42.1 Å². The summed E-state index contributed by atoms with van der Waals surface area (Å²) < 4.78 is 6.63. The zero-order valence-electron chi connectivity index (χ0n) is 19.4. The highest BCUT2D eigenvalue weighted by atomic mass is 16.5. The van der Waals surface area contributed by atoms with Gasteiger partial charge in [-0.1, -0.05) is 0 Å². The summed E-state index contributed by atoms with van der Waals surface area (Å²) in [5.41, 5.74) is 2.26. The summed E-state index contributed by atoms with van der Waals surface area (Å²) in [5.74, 6) is 1.38. The van der Waals surface area contributed by atoms with E-state index < -0.39 is 0 Å². The lowest BCUT2D eigenvalue weighted by molar-refractivity contribution is -0.124. The van der Waals surface area contributed by atoms with Crippen LogP contribution in [0.4, 0.5) is 5.82 Å². The van der Waals surface area contributed by atoms with E-state index in [1.165, 1.54) is 12.8 Å². The van der Waals surface area contributed by atoms with Gasteiger partial charge in [-0.25, -0.2) is 0 Å². The number of amides is 2. The molecule has 0 aromatic carbocycles. The predicted molar refractivity (Wildman–Crippen MR) is 120 cm³/mol. The number of carbonyl (C=O) groups is 2. The highest BCUT2D eigenvalue weighted by Crippen LogP contribution is 2.60. The van der Waals surface area contributed by atoms with Crippen LogP contribution in [0.1, 0.15) is 80.2 Å². The molecule has 2 amide bonds. The average molecular weight is 443 g/mol. The lowest BCUT2D eigenvalue weighted by atomic mass is 9.76. The first kappa shape index (κ1) is 22.5. The number of hydrogen-bond donors (Lipinski definition) is 3. The molecule has 0 unspecified atom stereocenters. The molecule has 0 radical (unpaired) electrons. The fourth-order valence-electron chi connectivity index (χ4n) is 5.23. The van der Waals surface area contributed by atoms with E-state index in [1.54, 1.807) is 24.9 Å². The van der Waals surface area contributed by atoms with Crippen molar-refractivity contribution >= 4 is 17.6 Å². The number of aromatic amines is 1. The Labute approximate surface area is 188 Å². The fourth-order valence-corrected chi connectivity index (χ4v) is 5.23. The van der Waals surface area contributed by atoms with Crippen LogP contribution < -0.4 is 10.6 Å². The third-order valence-corrected chi connectivity index (χ3v) is 6.78. The number of aromatic nitrogens is 4. The number of hydrogen-bond acceptors (Lipinski definition) is 5. The molecule has 2 saturated carbocycles. The largest absolute Gasteiger partial charge is 0.378 e. The van der Waals surface area contributed by atoms with E-state index in [9.17, 15) is 9.59 Å². The van der Waals surface area contributed by atoms with E-state index in [4.69, 9.17) is 4.74 Å². The molecule has 9 nitrogen and oxygen atoms in total. The Morgan fingerprint density at radius 1 is 1.31 bits per heavy atom. The second kappa shape index (κ2) is 9.05. The molecule has 0 bridgehead atoms. The lowest BCUT2D eigenvalue weighted by Gasteiger charge is -2.29. The van der Waals surface area contributed by atoms with Gasteiger partial charge in [0, 0.05) is 44.3 Å². The summed E-state index contributed by atoms with van der Waals surface area (Å²) in [6.45, 7) is 4.36. The van der Waals surface area contributed by atoms with Crippen molar-refractivity contribution in [2.24, 2.45) is 18.4 Å². The molecule has 2 aliphatic carbocycles. The van der Waals surface area contributed by atoms with Gasteiger partial charge in [-0.3, -0.25) is 19.4 Å². The number of ether oxygens (including phenoxy) is 1. The summed E-state index contributed by atoms with van der Waals surface area (Å²) in [7, 11) is 3.33. The van der Waals surface area contributed by atoms with Gasteiger partial charge in [0.05, 0.1) is 12.3 Å². The van der Waals surface area contributed by atoms with Gasteiger partial charge in [0.15, 0.2) is 5.82 Å². The highest BCUT2D eigenvalue weighted by Gasteiger charge is 2.51. The van der Waals surface area contributed by atoms with Gasteiger partial charge < -0.3 is 15.4 Å². The molecular weight excluding hydrogens is 408 g/mol. The van der Waals surface area contributed by atoms with Crippen molar-refractivity contribution in [3.05, 3.63) is 29.2 Å². The van der Waals surface area contributed by atoms with Crippen LogP contribution in [-0.4, -0.2) is 44.9 Å². The van der Waals surface area contributed by atoms with E-state index in [0.717, 1.165) is 25.0 Å². The van der Waals surface area contributed by atoms with Gasteiger partial charge in [-0.05, 0) is 63.4 Å². The smallest absolute Gasteiger partial charge is 0.275 e. The number of nitrogens with zero attached hydrogens (tertiary/aromatic N) is 3. The highest BCUT2D eigenvalue weighted by molar-refractivity contribution is 6.02. The number of nitrogens with one attached hydrogen (secondary N) is 3. The SMILES string of the molecule is COCc1cc(C(=O)Nc2cc([C@H]3CC[C@](CC(=O)NC(C)C)(C4CC4)C3)[nH]n2)n(C)n1. The maximum absolute atomic E-state index is 12.7. The number of H-pyrrole nitrogens is 1. The number of rotatable bonds is 9. The van der Waals surface area contributed by atoms with Crippen LogP contribution in [0, 0.1) is 11.3 Å². The molecule has 2 heterocycles. The molecule has 9 heteroatoms. The van der Waals surface area contributed by atoms with Crippen LogP contribution in [0.25, 0.3) is 0 Å². The van der Waals surface area contributed by atoms with E-state index in [1.807, 2.05) is 19.9 Å². The number of methoxy groups -OCH3 is 1. The molecular formula is C23H34N6O3. The summed E-state index contributed by atoms with van der Waals surface area (Å²) in [5, 5.41) is 17.6. The first-order valence-electron chi connectivity index (χ1n) is 11.5. The molecule has 2 aromatic heterocycles. The van der Waals surface area contributed by atoms with Crippen molar-refractivity contribution in [3.8, 4) is 0 Å². The first-order valence-corrected chi connectivity index (χ1v) is 11.5. The number of aryl methyl sites for hydroxylation is 1. The molecule has 2 aromatic rings. The van der Waals surface area contributed by atoms with Crippen LogP contribution in [0.5, 0.6) is 0 Å². The Balaban J connectivity index is 1.40. The van der Waals surface area contributed by atoms with Crippen molar-refractivity contribution in [1.29, 1.82) is 0 Å². The molecule has 3 N–H and O–H groups in total. The number of carbonyl (C=O) groups excluding carboxylic acids is 2. The van der Waals surface area contributed by atoms with Crippen LogP contribution in [-0.2, 0) is 23.2 Å². The second-order valence-electron chi connectivity index (χ2n) is 9.72. The van der Waals surface area contributed by atoms with Crippen LogP contribution in [0.3, 0.4) is 0 Å². The van der Waals surface area contributed by atoms with Crippen molar-refractivity contribution in [2.75, 3.05) is 12.4 Å². The predicted octanol–water partition coefficient (Wildman–Crippen LogP) is 3.12. The molecule has 0 saturated heterocycles. The van der Waals surface area contributed by atoms with Crippen LogP contribution in [0.15, 0.2) is 12.1 Å². The van der Waals surface area contributed by atoms with Gasteiger partial charge in [-0.15, -0.1) is 0 Å². The average Bonchev–Trinajstić information content (AvgIpc) is 3.16. The zero-order chi connectivity index (χ0) is 22.9. The molecule has 32 heavy (non-hydrogen) atoms. The first-order chi connectivity index (χ1) is 15.3. The minimum Gasteiger partial charge on any atom is -0.378 e. The van der Waals surface area contributed by atoms with Gasteiger partial charge in [0.1, 0.15) is 5.69 Å². The fraction of sp³-hybridized carbons (Fsp3) is 0.652. The zero-order valence-corrected chi connectivity index (χ0v) is 19.4. The third kappa shape index (κ3) is 4.87. The van der Waals surface area contributed by atoms with Gasteiger partial charge in [-0.2, -0.15) is 10.2 Å². The Morgan fingerprint density at radius 3 is 2.78 bits per heavy atom. The van der Waals surface area contributed by atoms with Gasteiger partial charge in [0.2, 0.25) is 5.91 Å². The molecule has 2 aliphatic rings. The topological polar surface area (TPSA) is 114 Å². The molecule has 0 aliphatic heterocycles. The van der Waals surface area contributed by atoms with Crippen LogP contribution in [0.2, 0.25) is 0 Å². The minimum absolute atomic E-state index is 0.0879. The minimum atomic E-state index is -0.260.